The third-order valence-corrected chi connectivity index (χ3v) is 3.55. The molecule has 22 heavy (non-hydrogen) atoms. The van der Waals surface area contributed by atoms with Crippen molar-refractivity contribution in [3.05, 3.63) is 23.8 Å². The second-order valence-corrected chi connectivity index (χ2v) is 5.36. The number of nitrogen functional groups attached to an aromatic ring is 1. The number of benzene rings is 1. The van der Waals surface area contributed by atoms with Gasteiger partial charge in [0.1, 0.15) is 5.82 Å². The van der Waals surface area contributed by atoms with E-state index in [-0.39, 0.29) is 5.56 Å². The number of alkyl halides is 2. The van der Waals surface area contributed by atoms with Crippen LogP contribution in [0.5, 0.6) is 11.5 Å². The Labute approximate surface area is 126 Å². The Morgan fingerprint density at radius 3 is 2.36 bits per heavy atom. The summed E-state index contributed by atoms with van der Waals surface area (Å²) in [6.45, 7) is 1.78. The highest BCUT2D eigenvalue weighted by Gasteiger charge is 2.31. The summed E-state index contributed by atoms with van der Waals surface area (Å²) >= 11 is 0. The van der Waals surface area contributed by atoms with Crippen molar-refractivity contribution in [2.24, 2.45) is 7.05 Å². The molecule has 0 amide bonds. The topological polar surface area (TPSA) is 62.3 Å². The Balaban J connectivity index is 2.20. The van der Waals surface area contributed by atoms with Crippen LogP contribution < -0.4 is 15.2 Å². The van der Waals surface area contributed by atoms with Gasteiger partial charge in [0, 0.05) is 37.6 Å². The van der Waals surface area contributed by atoms with Gasteiger partial charge in [-0.15, -0.1) is 0 Å². The quantitative estimate of drug-likeness (QED) is 0.926. The van der Waals surface area contributed by atoms with Crippen LogP contribution in [0.15, 0.2) is 18.2 Å². The van der Waals surface area contributed by atoms with Crippen LogP contribution in [0.2, 0.25) is 0 Å². The number of halogens is 2. The van der Waals surface area contributed by atoms with E-state index in [4.69, 9.17) is 15.2 Å². The van der Waals surface area contributed by atoms with Crippen molar-refractivity contribution in [2.75, 3.05) is 18.9 Å². The minimum Gasteiger partial charge on any atom is -0.490 e. The smallest absolute Gasteiger partial charge is 0.271 e. The summed E-state index contributed by atoms with van der Waals surface area (Å²) < 4.78 is 40.6. The van der Waals surface area contributed by atoms with Crippen molar-refractivity contribution in [1.82, 2.24) is 9.78 Å². The Kier molecular flexibility index (Phi) is 3.42. The SMILES string of the molecule is Cn1nc(-c2cc3c(cc2C(C)(F)F)OCCCO3)cc1N. The van der Waals surface area contributed by atoms with Crippen molar-refractivity contribution in [3.63, 3.8) is 0 Å². The highest BCUT2D eigenvalue weighted by atomic mass is 19.3. The summed E-state index contributed by atoms with van der Waals surface area (Å²) in [5.41, 5.74) is 6.28. The first-order valence-electron chi connectivity index (χ1n) is 6.98. The first-order chi connectivity index (χ1) is 10.4. The molecule has 1 aliphatic rings. The lowest BCUT2D eigenvalue weighted by atomic mass is 9.99. The minimum absolute atomic E-state index is 0.158. The fraction of sp³-hybridized carbons (Fsp3) is 0.400. The molecule has 0 spiro atoms. The zero-order valence-electron chi connectivity index (χ0n) is 12.4. The van der Waals surface area contributed by atoms with Crippen molar-refractivity contribution < 1.29 is 18.3 Å². The molecule has 0 saturated heterocycles. The van der Waals surface area contributed by atoms with E-state index in [2.05, 4.69) is 5.10 Å². The van der Waals surface area contributed by atoms with Crippen LogP contribution in [0.3, 0.4) is 0 Å². The maximum atomic E-state index is 14.0. The van der Waals surface area contributed by atoms with Crippen LogP contribution in [0.4, 0.5) is 14.6 Å². The number of hydrogen-bond donors (Lipinski definition) is 1. The third-order valence-electron chi connectivity index (χ3n) is 3.55. The van der Waals surface area contributed by atoms with Gasteiger partial charge in [0.2, 0.25) is 0 Å². The number of aromatic nitrogens is 2. The normalized spacial score (nSPS) is 14.7. The maximum absolute atomic E-state index is 14.0. The zero-order valence-corrected chi connectivity index (χ0v) is 12.4. The molecule has 0 saturated carbocycles. The molecule has 2 N–H and O–H groups in total. The lowest BCUT2D eigenvalue weighted by Gasteiger charge is -2.18. The van der Waals surface area contributed by atoms with Gasteiger partial charge in [-0.1, -0.05) is 0 Å². The van der Waals surface area contributed by atoms with E-state index in [0.717, 1.165) is 6.92 Å². The number of ether oxygens (including phenoxy) is 2. The average Bonchev–Trinajstić information content (AvgIpc) is 2.65. The number of hydrogen-bond acceptors (Lipinski definition) is 4. The van der Waals surface area contributed by atoms with E-state index in [1.807, 2.05) is 0 Å². The van der Waals surface area contributed by atoms with Gasteiger partial charge >= 0.3 is 0 Å². The van der Waals surface area contributed by atoms with Crippen LogP contribution in [0.1, 0.15) is 18.9 Å². The van der Waals surface area contributed by atoms with Gasteiger partial charge in [-0.3, -0.25) is 4.68 Å². The average molecular weight is 309 g/mol. The second kappa shape index (κ2) is 5.15. The molecule has 0 bridgehead atoms. The molecule has 0 radical (unpaired) electrons. The minimum atomic E-state index is -3.04. The van der Waals surface area contributed by atoms with Gasteiger partial charge in [0.05, 0.1) is 18.9 Å². The first kappa shape index (κ1) is 14.6. The van der Waals surface area contributed by atoms with E-state index in [0.29, 0.717) is 48.2 Å². The lowest BCUT2D eigenvalue weighted by molar-refractivity contribution is 0.0178. The van der Waals surface area contributed by atoms with E-state index in [1.165, 1.54) is 10.7 Å². The van der Waals surface area contributed by atoms with Crippen molar-refractivity contribution in [3.8, 4) is 22.8 Å². The zero-order chi connectivity index (χ0) is 15.9. The summed E-state index contributed by atoms with van der Waals surface area (Å²) in [7, 11) is 1.66. The molecule has 2 aromatic rings. The molecule has 1 aromatic carbocycles. The van der Waals surface area contributed by atoms with Crippen molar-refractivity contribution in [1.29, 1.82) is 0 Å². The first-order valence-corrected chi connectivity index (χ1v) is 6.98. The molecule has 5 nitrogen and oxygen atoms in total. The van der Waals surface area contributed by atoms with Gasteiger partial charge in [-0.05, 0) is 12.1 Å². The van der Waals surface area contributed by atoms with Crippen LogP contribution in [0, 0.1) is 0 Å². The highest BCUT2D eigenvalue weighted by Crippen LogP contribution is 2.43. The summed E-state index contributed by atoms with van der Waals surface area (Å²) in [6.07, 6.45) is 0.707. The van der Waals surface area contributed by atoms with Crippen LogP contribution in [-0.2, 0) is 13.0 Å². The van der Waals surface area contributed by atoms with E-state index >= 15 is 0 Å². The van der Waals surface area contributed by atoms with E-state index in [1.54, 1.807) is 19.2 Å². The Morgan fingerprint density at radius 2 is 1.82 bits per heavy atom. The molecule has 0 unspecified atom stereocenters. The summed E-state index contributed by atoms with van der Waals surface area (Å²) in [5, 5.41) is 4.19. The Bertz CT molecular complexity index is 688. The van der Waals surface area contributed by atoms with Crippen LogP contribution >= 0.6 is 0 Å². The van der Waals surface area contributed by atoms with Crippen LogP contribution in [0.25, 0.3) is 11.3 Å². The molecule has 3 rings (SSSR count). The van der Waals surface area contributed by atoms with Crippen LogP contribution in [-0.4, -0.2) is 23.0 Å². The summed E-state index contributed by atoms with van der Waals surface area (Å²) in [4.78, 5) is 0. The summed E-state index contributed by atoms with van der Waals surface area (Å²) in [6, 6.07) is 4.45. The Hall–Kier alpha value is -2.31. The van der Waals surface area contributed by atoms with Crippen molar-refractivity contribution in [2.45, 2.75) is 19.3 Å². The van der Waals surface area contributed by atoms with E-state index in [9.17, 15) is 8.78 Å². The largest absolute Gasteiger partial charge is 0.490 e. The summed E-state index contributed by atoms with van der Waals surface area (Å²) in [5.74, 6) is -1.86. The maximum Gasteiger partial charge on any atom is 0.271 e. The fourth-order valence-corrected chi connectivity index (χ4v) is 2.40. The number of anilines is 1. The van der Waals surface area contributed by atoms with Gasteiger partial charge in [-0.25, -0.2) is 8.78 Å². The predicted molar refractivity (Wildman–Crippen MR) is 78.2 cm³/mol. The Morgan fingerprint density at radius 1 is 1.18 bits per heavy atom. The molecule has 7 heteroatoms. The molecule has 1 aliphatic heterocycles. The molecule has 1 aromatic heterocycles. The van der Waals surface area contributed by atoms with Gasteiger partial charge < -0.3 is 15.2 Å². The molecule has 2 heterocycles. The standard InChI is InChI=1S/C15H17F2N3O2/c1-15(16,17)10-7-13-12(21-4-3-5-22-13)6-9(10)11-8-14(18)20(2)19-11/h6-8H,3-5,18H2,1-2H3. The third kappa shape index (κ3) is 2.58. The van der Waals surface area contributed by atoms with Gasteiger partial charge in [0.15, 0.2) is 11.5 Å². The molecule has 118 valence electrons. The van der Waals surface area contributed by atoms with Gasteiger partial charge in [-0.2, -0.15) is 5.10 Å². The molecular formula is C15H17F2N3O2. The van der Waals surface area contributed by atoms with E-state index < -0.39 is 5.92 Å². The fourth-order valence-electron chi connectivity index (χ4n) is 2.40. The predicted octanol–water partition coefficient (Wildman–Crippen LogP) is 2.94. The number of nitrogens with zero attached hydrogens (tertiary/aromatic N) is 2. The monoisotopic (exact) mass is 309 g/mol. The lowest BCUT2D eigenvalue weighted by Crippen LogP contribution is -2.10. The number of fused-ring (bicyclic) bond motifs is 1. The molecule has 0 fully saturated rings. The number of nitrogens with two attached hydrogens (primary N) is 1. The van der Waals surface area contributed by atoms with Crippen molar-refractivity contribution >= 4 is 5.82 Å². The number of rotatable bonds is 2. The number of aryl methyl sites for hydroxylation is 1. The molecular weight excluding hydrogens is 292 g/mol. The van der Waals surface area contributed by atoms with Gasteiger partial charge in [0.25, 0.3) is 5.92 Å². The second-order valence-electron chi connectivity index (χ2n) is 5.36. The molecule has 0 atom stereocenters. The highest BCUT2D eigenvalue weighted by molar-refractivity contribution is 5.71. The molecule has 0 aliphatic carbocycles.